The van der Waals surface area contributed by atoms with Crippen LogP contribution < -0.4 is 10.1 Å². The molecule has 0 aromatic heterocycles. The van der Waals surface area contributed by atoms with Crippen molar-refractivity contribution < 1.29 is 17.9 Å². The highest BCUT2D eigenvalue weighted by Crippen LogP contribution is 2.29. The van der Waals surface area contributed by atoms with E-state index in [4.69, 9.17) is 4.74 Å². The summed E-state index contributed by atoms with van der Waals surface area (Å²) in [5.74, 6) is 0.333. The van der Waals surface area contributed by atoms with Crippen LogP contribution in [-0.2, 0) is 10.0 Å². The minimum atomic E-state index is -3.71. The molecule has 0 saturated heterocycles. The summed E-state index contributed by atoms with van der Waals surface area (Å²) >= 11 is 0. The second kappa shape index (κ2) is 8.54. The Morgan fingerprint density at radius 3 is 2.26 bits per heavy atom. The molecule has 2 aromatic rings. The number of benzene rings is 2. The van der Waals surface area contributed by atoms with Crippen LogP contribution in [0.5, 0.6) is 5.75 Å². The second-order valence-corrected chi connectivity index (χ2v) is 8.73. The van der Waals surface area contributed by atoms with E-state index in [1.54, 1.807) is 31.2 Å². The first-order valence-corrected chi connectivity index (χ1v) is 10.2. The number of hydrogen-bond acceptors (Lipinski definition) is 4. The quantitative estimate of drug-likeness (QED) is 0.782. The van der Waals surface area contributed by atoms with Crippen LogP contribution in [0.1, 0.15) is 42.6 Å². The molecule has 0 bridgehead atoms. The third-order valence-electron chi connectivity index (χ3n) is 4.10. The van der Waals surface area contributed by atoms with Crippen molar-refractivity contribution in [2.45, 2.75) is 31.6 Å². The van der Waals surface area contributed by atoms with Gasteiger partial charge in [-0.25, -0.2) is 12.7 Å². The van der Waals surface area contributed by atoms with E-state index in [0.717, 1.165) is 9.87 Å². The number of sulfonamides is 1. The summed E-state index contributed by atoms with van der Waals surface area (Å²) in [7, 11) is -0.809. The molecule has 0 aliphatic rings. The predicted molar refractivity (Wildman–Crippen MR) is 107 cm³/mol. The first-order valence-electron chi connectivity index (χ1n) is 8.77. The zero-order valence-corrected chi connectivity index (χ0v) is 17.1. The molecule has 0 radical (unpaired) electrons. The summed E-state index contributed by atoms with van der Waals surface area (Å²) in [6.45, 7) is 6.29. The van der Waals surface area contributed by atoms with Gasteiger partial charge in [0.2, 0.25) is 10.0 Å². The molecule has 2 rings (SSSR count). The van der Waals surface area contributed by atoms with E-state index in [1.807, 2.05) is 12.1 Å². The van der Waals surface area contributed by atoms with E-state index in [9.17, 15) is 13.2 Å². The molecule has 0 fully saturated rings. The minimum Gasteiger partial charge on any atom is -0.492 e. The standard InChI is InChI=1S/C20H26N2O4S/c1-6-26-18-12-11-17(13-19(18)27(24,25)22(4)5)21-20(23)16-9-7-15(8-10-16)14(2)3/h7-14H,6H2,1-5H3,(H,21,23). The lowest BCUT2D eigenvalue weighted by atomic mass is 10.0. The maximum absolute atomic E-state index is 12.6. The molecular weight excluding hydrogens is 364 g/mol. The maximum Gasteiger partial charge on any atom is 0.255 e. The van der Waals surface area contributed by atoms with E-state index < -0.39 is 10.0 Å². The minimum absolute atomic E-state index is 0.0160. The van der Waals surface area contributed by atoms with Crippen molar-refractivity contribution in [1.82, 2.24) is 4.31 Å². The number of carbonyl (C=O) groups is 1. The lowest BCUT2D eigenvalue weighted by Gasteiger charge is -2.16. The Labute approximate surface area is 161 Å². The molecule has 0 unspecified atom stereocenters. The van der Waals surface area contributed by atoms with E-state index in [0.29, 0.717) is 23.8 Å². The molecular formula is C20H26N2O4S. The monoisotopic (exact) mass is 390 g/mol. The van der Waals surface area contributed by atoms with Crippen molar-refractivity contribution in [3.05, 3.63) is 53.6 Å². The van der Waals surface area contributed by atoms with Gasteiger partial charge in [0.25, 0.3) is 5.91 Å². The van der Waals surface area contributed by atoms with Crippen LogP contribution in [0.4, 0.5) is 5.69 Å². The molecule has 0 aliphatic heterocycles. The fourth-order valence-corrected chi connectivity index (χ4v) is 3.53. The fraction of sp³-hybridized carbons (Fsp3) is 0.350. The van der Waals surface area contributed by atoms with Crippen LogP contribution in [0, 0.1) is 0 Å². The number of anilines is 1. The summed E-state index contributed by atoms with van der Waals surface area (Å²) in [4.78, 5) is 12.5. The first kappa shape index (κ1) is 20.9. The van der Waals surface area contributed by atoms with Crippen molar-refractivity contribution in [1.29, 1.82) is 0 Å². The molecule has 146 valence electrons. The average Bonchev–Trinajstić information content (AvgIpc) is 2.63. The summed E-state index contributed by atoms with van der Waals surface area (Å²) in [5, 5.41) is 2.75. The first-order chi connectivity index (χ1) is 12.7. The Morgan fingerprint density at radius 2 is 1.74 bits per heavy atom. The van der Waals surface area contributed by atoms with E-state index in [-0.39, 0.29) is 16.6 Å². The molecule has 7 heteroatoms. The van der Waals surface area contributed by atoms with Crippen molar-refractivity contribution in [2.75, 3.05) is 26.0 Å². The number of ether oxygens (including phenoxy) is 1. The number of hydrogen-bond donors (Lipinski definition) is 1. The highest BCUT2D eigenvalue weighted by atomic mass is 32.2. The van der Waals surface area contributed by atoms with Crippen LogP contribution >= 0.6 is 0 Å². The summed E-state index contributed by atoms with van der Waals surface area (Å²) in [5.41, 5.74) is 2.04. The zero-order valence-electron chi connectivity index (χ0n) is 16.3. The van der Waals surface area contributed by atoms with Gasteiger partial charge in [0.15, 0.2) is 0 Å². The normalized spacial score (nSPS) is 11.7. The summed E-state index contributed by atoms with van der Waals surface area (Å²) in [6.07, 6.45) is 0. The van der Waals surface area contributed by atoms with Crippen molar-refractivity contribution in [3.63, 3.8) is 0 Å². The van der Waals surface area contributed by atoms with E-state index in [2.05, 4.69) is 19.2 Å². The van der Waals surface area contributed by atoms with Crippen LogP contribution in [0.3, 0.4) is 0 Å². The maximum atomic E-state index is 12.6. The number of carbonyl (C=O) groups excluding carboxylic acids is 1. The van der Waals surface area contributed by atoms with Crippen LogP contribution in [-0.4, -0.2) is 39.3 Å². The number of amides is 1. The Bertz CT molecular complexity index is 904. The number of nitrogens with zero attached hydrogens (tertiary/aromatic N) is 1. The Kier molecular flexibility index (Phi) is 6.62. The largest absolute Gasteiger partial charge is 0.492 e. The average molecular weight is 391 g/mol. The third-order valence-corrected chi connectivity index (χ3v) is 5.94. The van der Waals surface area contributed by atoms with Gasteiger partial charge >= 0.3 is 0 Å². The van der Waals surface area contributed by atoms with Crippen LogP contribution in [0.25, 0.3) is 0 Å². The molecule has 0 spiro atoms. The smallest absolute Gasteiger partial charge is 0.255 e. The second-order valence-electron chi connectivity index (χ2n) is 6.61. The predicted octanol–water partition coefficient (Wildman–Crippen LogP) is 3.71. The zero-order chi connectivity index (χ0) is 20.2. The highest BCUT2D eigenvalue weighted by molar-refractivity contribution is 7.89. The van der Waals surface area contributed by atoms with Gasteiger partial charge < -0.3 is 10.1 Å². The van der Waals surface area contributed by atoms with Gasteiger partial charge in [0, 0.05) is 25.3 Å². The summed E-state index contributed by atoms with van der Waals surface area (Å²) in [6, 6.07) is 11.9. The van der Waals surface area contributed by atoms with Gasteiger partial charge in [-0.05, 0) is 48.7 Å². The molecule has 1 amide bonds. The van der Waals surface area contributed by atoms with Gasteiger partial charge in [-0.3, -0.25) is 4.79 Å². The molecule has 0 atom stereocenters. The Morgan fingerprint density at radius 1 is 1.11 bits per heavy atom. The number of nitrogens with one attached hydrogen (secondary N) is 1. The fourth-order valence-electron chi connectivity index (χ4n) is 2.48. The van der Waals surface area contributed by atoms with Crippen LogP contribution in [0.15, 0.2) is 47.4 Å². The topological polar surface area (TPSA) is 75.7 Å². The SMILES string of the molecule is CCOc1ccc(NC(=O)c2ccc(C(C)C)cc2)cc1S(=O)(=O)N(C)C. The molecule has 0 aliphatic carbocycles. The van der Waals surface area contributed by atoms with Gasteiger partial charge in [-0.1, -0.05) is 26.0 Å². The lowest BCUT2D eigenvalue weighted by Crippen LogP contribution is -2.23. The molecule has 0 heterocycles. The van der Waals surface area contributed by atoms with Crippen molar-refractivity contribution in [2.24, 2.45) is 0 Å². The molecule has 0 saturated carbocycles. The molecule has 27 heavy (non-hydrogen) atoms. The Hall–Kier alpha value is -2.38. The van der Waals surface area contributed by atoms with Crippen molar-refractivity contribution >= 4 is 21.6 Å². The van der Waals surface area contributed by atoms with Gasteiger partial charge in [-0.15, -0.1) is 0 Å². The van der Waals surface area contributed by atoms with Crippen LogP contribution in [0.2, 0.25) is 0 Å². The number of rotatable bonds is 7. The lowest BCUT2D eigenvalue weighted by molar-refractivity contribution is 0.102. The highest BCUT2D eigenvalue weighted by Gasteiger charge is 2.23. The molecule has 2 aromatic carbocycles. The van der Waals surface area contributed by atoms with Gasteiger partial charge in [-0.2, -0.15) is 0 Å². The molecule has 6 nitrogen and oxygen atoms in total. The Balaban J connectivity index is 2.32. The van der Waals surface area contributed by atoms with E-state index in [1.165, 1.54) is 20.2 Å². The third kappa shape index (κ3) is 4.87. The van der Waals surface area contributed by atoms with Gasteiger partial charge in [0.1, 0.15) is 10.6 Å². The van der Waals surface area contributed by atoms with Crippen molar-refractivity contribution in [3.8, 4) is 5.75 Å². The van der Waals surface area contributed by atoms with Gasteiger partial charge in [0.05, 0.1) is 6.61 Å². The van der Waals surface area contributed by atoms with E-state index >= 15 is 0 Å². The molecule has 1 N–H and O–H groups in total. The summed E-state index contributed by atoms with van der Waals surface area (Å²) < 4.78 is 31.7.